The number of fused-ring (bicyclic) bond motifs is 1. The summed E-state index contributed by atoms with van der Waals surface area (Å²) < 4.78 is 10.4. The molecule has 0 saturated carbocycles. The number of hydrogen-bond donors (Lipinski definition) is 1. The zero-order chi connectivity index (χ0) is 12.4. The maximum absolute atomic E-state index is 5.34. The van der Waals surface area contributed by atoms with Gasteiger partial charge in [-0.15, -0.1) is 0 Å². The third-order valence-electron chi connectivity index (χ3n) is 3.14. The maximum atomic E-state index is 5.34. The topological polar surface area (TPSA) is 74.2 Å². The van der Waals surface area contributed by atoms with Crippen molar-refractivity contribution >= 4 is 0 Å². The van der Waals surface area contributed by atoms with Gasteiger partial charge in [0.25, 0.3) is 5.89 Å². The Labute approximate surface area is 105 Å². The quantitative estimate of drug-likeness (QED) is 0.802. The predicted octanol–water partition coefficient (Wildman–Crippen LogP) is 1.23. The molecule has 1 aliphatic carbocycles. The van der Waals surface area contributed by atoms with Gasteiger partial charge in [-0.2, -0.15) is 4.98 Å². The molecule has 1 aromatic heterocycles. The fraction of sp³-hybridized carbons (Fsp3) is 0.385. The minimum atomic E-state index is 0.271. The van der Waals surface area contributed by atoms with E-state index >= 15 is 0 Å². The maximum Gasteiger partial charge on any atom is 0.252 e. The van der Waals surface area contributed by atoms with Crippen LogP contribution >= 0.6 is 0 Å². The zero-order valence-corrected chi connectivity index (χ0v) is 10.0. The van der Waals surface area contributed by atoms with Crippen LogP contribution in [0.4, 0.5) is 0 Å². The first-order valence-electron chi connectivity index (χ1n) is 6.06. The minimum absolute atomic E-state index is 0.271. The highest BCUT2D eigenvalue weighted by atomic mass is 16.5. The number of benzene rings is 1. The second kappa shape index (κ2) is 4.88. The van der Waals surface area contributed by atoms with Crippen molar-refractivity contribution in [2.45, 2.75) is 18.9 Å². The second-order valence-corrected chi connectivity index (χ2v) is 4.34. The van der Waals surface area contributed by atoms with E-state index in [1.807, 2.05) is 6.07 Å². The molecule has 1 heterocycles. The van der Waals surface area contributed by atoms with Crippen molar-refractivity contribution < 1.29 is 9.26 Å². The lowest BCUT2D eigenvalue weighted by Gasteiger charge is -2.27. The molecule has 18 heavy (non-hydrogen) atoms. The van der Waals surface area contributed by atoms with Crippen molar-refractivity contribution in [2.24, 2.45) is 5.73 Å². The Morgan fingerprint density at radius 1 is 1.39 bits per heavy atom. The molecule has 94 valence electrons. The molecule has 1 unspecified atom stereocenters. The lowest BCUT2D eigenvalue weighted by molar-refractivity contribution is 0.104. The lowest BCUT2D eigenvalue weighted by atomic mass is 9.77. The Morgan fingerprint density at radius 2 is 2.28 bits per heavy atom. The summed E-state index contributed by atoms with van der Waals surface area (Å²) in [5.74, 6) is 1.54. The van der Waals surface area contributed by atoms with Crippen molar-refractivity contribution in [1.29, 1.82) is 0 Å². The van der Waals surface area contributed by atoms with Gasteiger partial charge in [-0.25, -0.2) is 0 Å². The number of hydrogen-bond acceptors (Lipinski definition) is 5. The fourth-order valence-electron chi connectivity index (χ4n) is 2.20. The summed E-state index contributed by atoms with van der Waals surface area (Å²) in [4.78, 5) is 4.36. The SMILES string of the molecule is NCCOCc1nc(C2Cc3ccccc32)no1. The Balaban J connectivity index is 1.68. The van der Waals surface area contributed by atoms with Crippen LogP contribution in [0.2, 0.25) is 0 Å². The van der Waals surface area contributed by atoms with Crippen LogP contribution in [0, 0.1) is 0 Å². The number of ether oxygens (including phenoxy) is 1. The van der Waals surface area contributed by atoms with Gasteiger partial charge in [0.2, 0.25) is 0 Å². The average molecular weight is 245 g/mol. The summed E-state index contributed by atoms with van der Waals surface area (Å²) in [5.41, 5.74) is 8.01. The van der Waals surface area contributed by atoms with Crippen LogP contribution in [0.3, 0.4) is 0 Å². The highest BCUT2D eigenvalue weighted by Gasteiger charge is 2.30. The smallest absolute Gasteiger partial charge is 0.252 e. The van der Waals surface area contributed by atoms with E-state index in [1.165, 1.54) is 11.1 Å². The van der Waals surface area contributed by atoms with E-state index in [0.717, 1.165) is 12.2 Å². The van der Waals surface area contributed by atoms with Gasteiger partial charge >= 0.3 is 0 Å². The van der Waals surface area contributed by atoms with Gasteiger partial charge in [0, 0.05) is 6.54 Å². The largest absolute Gasteiger partial charge is 0.370 e. The van der Waals surface area contributed by atoms with Crippen molar-refractivity contribution in [3.8, 4) is 0 Å². The summed E-state index contributed by atoms with van der Waals surface area (Å²) in [6.07, 6.45) is 0.985. The summed E-state index contributed by atoms with van der Waals surface area (Å²) >= 11 is 0. The van der Waals surface area contributed by atoms with Gasteiger partial charge in [-0.05, 0) is 17.5 Å². The van der Waals surface area contributed by atoms with Crippen LogP contribution in [0.1, 0.15) is 28.8 Å². The number of aromatic nitrogens is 2. The van der Waals surface area contributed by atoms with Crippen LogP contribution in [-0.4, -0.2) is 23.3 Å². The molecule has 2 N–H and O–H groups in total. The molecular weight excluding hydrogens is 230 g/mol. The first-order chi connectivity index (χ1) is 8.88. The van der Waals surface area contributed by atoms with Gasteiger partial charge in [-0.1, -0.05) is 29.4 Å². The number of rotatable bonds is 5. The van der Waals surface area contributed by atoms with E-state index in [1.54, 1.807) is 0 Å². The summed E-state index contributed by atoms with van der Waals surface area (Å²) in [7, 11) is 0. The van der Waals surface area contributed by atoms with Crippen LogP contribution in [0.5, 0.6) is 0 Å². The van der Waals surface area contributed by atoms with E-state index in [9.17, 15) is 0 Å². The molecule has 1 aliphatic rings. The number of nitrogens with zero attached hydrogens (tertiary/aromatic N) is 2. The molecule has 0 fully saturated rings. The average Bonchev–Trinajstić information content (AvgIpc) is 2.80. The standard InChI is InChI=1S/C13H15N3O2/c14-5-6-17-8-12-15-13(16-18-12)11-7-9-3-1-2-4-10(9)11/h1-4,11H,5-8,14H2. The van der Waals surface area contributed by atoms with E-state index < -0.39 is 0 Å². The van der Waals surface area contributed by atoms with Crippen molar-refractivity contribution in [3.05, 3.63) is 47.1 Å². The third-order valence-corrected chi connectivity index (χ3v) is 3.14. The highest BCUT2D eigenvalue weighted by molar-refractivity contribution is 5.43. The van der Waals surface area contributed by atoms with Crippen LogP contribution in [-0.2, 0) is 17.8 Å². The van der Waals surface area contributed by atoms with Crippen molar-refractivity contribution in [2.75, 3.05) is 13.2 Å². The van der Waals surface area contributed by atoms with Crippen LogP contribution < -0.4 is 5.73 Å². The summed E-state index contributed by atoms with van der Waals surface area (Å²) in [5, 5.41) is 4.02. The second-order valence-electron chi connectivity index (χ2n) is 4.34. The normalized spacial score (nSPS) is 17.3. The van der Waals surface area contributed by atoms with Crippen LogP contribution in [0.15, 0.2) is 28.8 Å². The molecule has 5 heteroatoms. The predicted molar refractivity (Wildman–Crippen MR) is 65.0 cm³/mol. The van der Waals surface area contributed by atoms with E-state index in [2.05, 4.69) is 28.3 Å². The van der Waals surface area contributed by atoms with Crippen molar-refractivity contribution in [1.82, 2.24) is 10.1 Å². The van der Waals surface area contributed by atoms with Gasteiger partial charge in [0.15, 0.2) is 5.82 Å². The molecule has 0 radical (unpaired) electrons. The Bertz CT molecular complexity index is 539. The molecule has 0 amide bonds. The zero-order valence-electron chi connectivity index (χ0n) is 10.0. The van der Waals surface area contributed by atoms with E-state index in [4.69, 9.17) is 15.0 Å². The molecule has 3 rings (SSSR count). The summed E-state index contributed by atoms with van der Waals surface area (Å²) in [6, 6.07) is 8.34. The van der Waals surface area contributed by atoms with E-state index in [-0.39, 0.29) is 5.92 Å². The number of nitrogens with two attached hydrogens (primary N) is 1. The van der Waals surface area contributed by atoms with Crippen molar-refractivity contribution in [3.63, 3.8) is 0 Å². The Morgan fingerprint density at radius 3 is 3.11 bits per heavy atom. The summed E-state index contributed by atoms with van der Waals surface area (Å²) in [6.45, 7) is 1.33. The first kappa shape index (κ1) is 11.4. The van der Waals surface area contributed by atoms with Gasteiger partial charge in [0.05, 0.1) is 12.5 Å². The van der Waals surface area contributed by atoms with Gasteiger partial charge < -0.3 is 15.0 Å². The Kier molecular flexibility index (Phi) is 3.08. The fourth-order valence-corrected chi connectivity index (χ4v) is 2.20. The molecule has 1 aromatic carbocycles. The van der Waals surface area contributed by atoms with E-state index in [0.29, 0.717) is 25.6 Å². The van der Waals surface area contributed by atoms with Crippen LogP contribution in [0.25, 0.3) is 0 Å². The first-order valence-corrected chi connectivity index (χ1v) is 6.06. The third kappa shape index (κ3) is 2.02. The Hall–Kier alpha value is -1.72. The lowest BCUT2D eigenvalue weighted by Crippen LogP contribution is -2.19. The molecule has 0 spiro atoms. The molecule has 5 nitrogen and oxygen atoms in total. The van der Waals surface area contributed by atoms with Gasteiger partial charge in [0.1, 0.15) is 6.61 Å². The molecule has 0 saturated heterocycles. The molecular formula is C13H15N3O2. The molecule has 1 atom stereocenters. The minimum Gasteiger partial charge on any atom is -0.370 e. The molecule has 2 aromatic rings. The molecule has 0 aliphatic heterocycles. The monoisotopic (exact) mass is 245 g/mol. The highest BCUT2D eigenvalue weighted by Crippen LogP contribution is 2.38. The van der Waals surface area contributed by atoms with Gasteiger partial charge in [-0.3, -0.25) is 0 Å². The molecule has 0 bridgehead atoms.